The van der Waals surface area contributed by atoms with Gasteiger partial charge in [0.15, 0.2) is 8.32 Å². The molecule has 0 aromatic heterocycles. The zero-order valence-electron chi connectivity index (χ0n) is 21.8. The van der Waals surface area contributed by atoms with E-state index in [0.29, 0.717) is 16.6 Å². The molecule has 0 aromatic rings. The molecule has 0 amide bonds. The molecular weight excluding hydrogens is 404 g/mol. The van der Waals surface area contributed by atoms with E-state index < -0.39 is 8.32 Å². The lowest BCUT2D eigenvalue weighted by Crippen LogP contribution is -2.50. The highest BCUT2D eigenvalue weighted by Crippen LogP contribution is 2.53. The summed E-state index contributed by atoms with van der Waals surface area (Å²) in [7, 11) is -2.33. The Morgan fingerprint density at radius 3 is 0.625 bits per heavy atom. The maximum atomic E-state index is 13.2. The van der Waals surface area contributed by atoms with Crippen molar-refractivity contribution in [3.8, 4) is 0 Å². The van der Waals surface area contributed by atoms with Crippen LogP contribution in [0.15, 0.2) is 0 Å². The van der Waals surface area contributed by atoms with Gasteiger partial charge in [0.05, 0.1) is 0 Å². The van der Waals surface area contributed by atoms with Gasteiger partial charge in [0.2, 0.25) is 0 Å². The third-order valence-electron chi connectivity index (χ3n) is 9.78. The van der Waals surface area contributed by atoms with E-state index in [1.807, 2.05) is 0 Å². The summed E-state index contributed by atoms with van der Waals surface area (Å²) < 4.78 is 0. The standard InChI is InChI=1S/C30H58OSi/c31-32(28-22-16-10-4-1-5-11-17-23-28,29-24-18-12-6-2-7-13-19-25-29)30-26-20-14-8-3-9-15-21-27-30/h28-31H,1-27H2. The Balaban J connectivity index is 1.83. The highest BCUT2D eigenvalue weighted by Gasteiger charge is 2.50. The van der Waals surface area contributed by atoms with Crippen LogP contribution in [-0.2, 0) is 0 Å². The van der Waals surface area contributed by atoms with Gasteiger partial charge in [-0.05, 0) is 16.6 Å². The van der Waals surface area contributed by atoms with Crippen molar-refractivity contribution >= 4 is 8.32 Å². The van der Waals surface area contributed by atoms with Crippen LogP contribution in [0.5, 0.6) is 0 Å². The maximum Gasteiger partial charge on any atom is 0.197 e. The lowest BCUT2D eigenvalue weighted by atomic mass is 9.99. The van der Waals surface area contributed by atoms with E-state index in [9.17, 15) is 4.80 Å². The molecular formula is C30H58OSi. The molecule has 1 nitrogen and oxygen atoms in total. The zero-order valence-corrected chi connectivity index (χ0v) is 22.8. The van der Waals surface area contributed by atoms with Crippen molar-refractivity contribution in [2.45, 2.75) is 190 Å². The molecule has 3 fully saturated rings. The quantitative estimate of drug-likeness (QED) is 0.413. The Labute approximate surface area is 203 Å². The van der Waals surface area contributed by atoms with Crippen molar-refractivity contribution in [2.24, 2.45) is 0 Å². The van der Waals surface area contributed by atoms with Gasteiger partial charge in [-0.1, -0.05) is 173 Å². The van der Waals surface area contributed by atoms with E-state index in [1.165, 1.54) is 173 Å². The highest BCUT2D eigenvalue weighted by atomic mass is 28.4. The van der Waals surface area contributed by atoms with Gasteiger partial charge in [0, 0.05) is 0 Å². The van der Waals surface area contributed by atoms with Crippen molar-refractivity contribution in [3.05, 3.63) is 0 Å². The minimum atomic E-state index is -2.33. The summed E-state index contributed by atoms with van der Waals surface area (Å²) in [6.07, 6.45) is 38.2. The molecule has 0 radical (unpaired) electrons. The van der Waals surface area contributed by atoms with E-state index in [-0.39, 0.29) is 0 Å². The first-order valence-electron chi connectivity index (χ1n) is 15.5. The van der Waals surface area contributed by atoms with Crippen molar-refractivity contribution < 1.29 is 4.80 Å². The molecule has 3 rings (SSSR count). The molecule has 0 unspecified atom stereocenters. The first-order chi connectivity index (χ1) is 15.8. The molecule has 32 heavy (non-hydrogen) atoms. The van der Waals surface area contributed by atoms with Gasteiger partial charge in [-0.15, -0.1) is 0 Å². The van der Waals surface area contributed by atoms with E-state index in [2.05, 4.69) is 0 Å². The first-order valence-corrected chi connectivity index (χ1v) is 17.7. The Hall–Kier alpha value is 0.177. The van der Waals surface area contributed by atoms with Crippen LogP contribution >= 0.6 is 0 Å². The molecule has 0 aliphatic heterocycles. The zero-order chi connectivity index (χ0) is 22.3. The Morgan fingerprint density at radius 1 is 0.281 bits per heavy atom. The molecule has 3 aliphatic rings. The third-order valence-corrected chi connectivity index (χ3v) is 15.4. The SMILES string of the molecule is O[Si](C1CCCCCCCCC1)(C1CCCCCCCCC1)C1CCCCCCCCC1. The predicted octanol–water partition coefficient (Wildman–Crippen LogP) is 10.6. The molecule has 0 bridgehead atoms. The molecule has 188 valence electrons. The van der Waals surface area contributed by atoms with Gasteiger partial charge in [-0.25, -0.2) is 0 Å². The second kappa shape index (κ2) is 16.0. The average Bonchev–Trinajstić information content (AvgIpc) is 2.83. The van der Waals surface area contributed by atoms with E-state index >= 15 is 0 Å². The summed E-state index contributed by atoms with van der Waals surface area (Å²) in [5.74, 6) is 0. The minimum absolute atomic E-state index is 0.710. The van der Waals surface area contributed by atoms with Gasteiger partial charge in [0.1, 0.15) is 0 Å². The largest absolute Gasteiger partial charge is 0.431 e. The van der Waals surface area contributed by atoms with Crippen LogP contribution in [0.2, 0.25) is 16.6 Å². The maximum absolute atomic E-state index is 13.2. The summed E-state index contributed by atoms with van der Waals surface area (Å²) >= 11 is 0. The van der Waals surface area contributed by atoms with Crippen LogP contribution in [-0.4, -0.2) is 13.1 Å². The van der Waals surface area contributed by atoms with Crippen molar-refractivity contribution in [3.63, 3.8) is 0 Å². The lowest BCUT2D eigenvalue weighted by molar-refractivity contribution is 0.361. The summed E-state index contributed by atoms with van der Waals surface area (Å²) in [6.45, 7) is 0. The molecule has 0 spiro atoms. The molecule has 0 atom stereocenters. The Bertz CT molecular complexity index is 369. The van der Waals surface area contributed by atoms with Crippen molar-refractivity contribution in [2.75, 3.05) is 0 Å². The smallest absolute Gasteiger partial charge is 0.197 e. The first kappa shape index (κ1) is 26.8. The molecule has 0 heterocycles. The molecule has 3 saturated carbocycles. The van der Waals surface area contributed by atoms with Crippen molar-refractivity contribution in [1.29, 1.82) is 0 Å². The molecule has 0 saturated heterocycles. The van der Waals surface area contributed by atoms with Gasteiger partial charge in [0.25, 0.3) is 0 Å². The van der Waals surface area contributed by atoms with Gasteiger partial charge < -0.3 is 4.80 Å². The van der Waals surface area contributed by atoms with Crippen LogP contribution < -0.4 is 0 Å². The average molecular weight is 463 g/mol. The summed E-state index contributed by atoms with van der Waals surface area (Å²) in [5.41, 5.74) is 2.13. The third kappa shape index (κ3) is 8.75. The normalized spacial score (nSPS) is 26.9. The van der Waals surface area contributed by atoms with E-state index in [0.717, 1.165) is 0 Å². The number of rotatable bonds is 3. The fraction of sp³-hybridized carbons (Fsp3) is 1.00. The highest BCUT2D eigenvalue weighted by molar-refractivity contribution is 6.76. The molecule has 0 aromatic carbocycles. The number of hydrogen-bond acceptors (Lipinski definition) is 1. The fourth-order valence-electron chi connectivity index (χ4n) is 7.82. The van der Waals surface area contributed by atoms with E-state index in [1.54, 1.807) is 0 Å². The van der Waals surface area contributed by atoms with Crippen LogP contribution in [0.25, 0.3) is 0 Å². The number of hydrogen-bond donors (Lipinski definition) is 1. The van der Waals surface area contributed by atoms with Crippen LogP contribution in [0, 0.1) is 0 Å². The molecule has 1 N–H and O–H groups in total. The van der Waals surface area contributed by atoms with Crippen LogP contribution in [0.3, 0.4) is 0 Å². The van der Waals surface area contributed by atoms with Crippen LogP contribution in [0.4, 0.5) is 0 Å². The minimum Gasteiger partial charge on any atom is -0.431 e. The van der Waals surface area contributed by atoms with Gasteiger partial charge in [-0.3, -0.25) is 0 Å². The monoisotopic (exact) mass is 462 g/mol. The second-order valence-corrected chi connectivity index (χ2v) is 16.4. The summed E-state index contributed by atoms with van der Waals surface area (Å²) in [4.78, 5) is 13.2. The lowest BCUT2D eigenvalue weighted by Gasteiger charge is -2.47. The van der Waals surface area contributed by atoms with Gasteiger partial charge >= 0.3 is 0 Å². The van der Waals surface area contributed by atoms with Crippen molar-refractivity contribution in [1.82, 2.24) is 0 Å². The summed E-state index contributed by atoms with van der Waals surface area (Å²) in [5, 5.41) is 0. The molecule has 2 heteroatoms. The molecule has 3 aliphatic carbocycles. The topological polar surface area (TPSA) is 20.2 Å². The summed E-state index contributed by atoms with van der Waals surface area (Å²) in [6, 6.07) is 0. The van der Waals surface area contributed by atoms with Gasteiger partial charge in [-0.2, -0.15) is 0 Å². The Morgan fingerprint density at radius 2 is 0.438 bits per heavy atom. The second-order valence-electron chi connectivity index (χ2n) is 12.1. The fourth-order valence-corrected chi connectivity index (χ4v) is 13.8. The van der Waals surface area contributed by atoms with Crippen LogP contribution in [0.1, 0.15) is 173 Å². The Kier molecular flexibility index (Phi) is 13.4. The van der Waals surface area contributed by atoms with E-state index in [4.69, 9.17) is 0 Å². The predicted molar refractivity (Wildman–Crippen MR) is 144 cm³/mol.